The van der Waals surface area contributed by atoms with Gasteiger partial charge in [-0.2, -0.15) is 0 Å². The summed E-state index contributed by atoms with van der Waals surface area (Å²) in [6, 6.07) is 0. The first-order chi connectivity index (χ1) is 7.82. The number of carbonyl (C=O) groups is 1. The SMILES string of the molecule is CC(C)CCCCNC(=O)C(C)(C)C(N)=NO. The molecule has 100 valence electrons. The van der Waals surface area contributed by atoms with E-state index in [1.165, 1.54) is 6.42 Å². The zero-order valence-corrected chi connectivity index (χ0v) is 11.3. The second kappa shape index (κ2) is 7.14. The fourth-order valence-corrected chi connectivity index (χ4v) is 1.34. The van der Waals surface area contributed by atoms with Gasteiger partial charge < -0.3 is 16.3 Å². The number of nitrogens with zero attached hydrogens (tertiary/aromatic N) is 1. The predicted octanol–water partition coefficient (Wildman–Crippen LogP) is 1.70. The average molecular weight is 243 g/mol. The van der Waals surface area contributed by atoms with Crippen LogP contribution in [0.4, 0.5) is 0 Å². The van der Waals surface area contributed by atoms with E-state index < -0.39 is 5.41 Å². The van der Waals surface area contributed by atoms with Crippen molar-refractivity contribution in [2.75, 3.05) is 6.54 Å². The van der Waals surface area contributed by atoms with E-state index in [1.54, 1.807) is 13.8 Å². The lowest BCUT2D eigenvalue weighted by Crippen LogP contribution is -2.46. The lowest BCUT2D eigenvalue weighted by Gasteiger charge is -2.21. The summed E-state index contributed by atoms with van der Waals surface area (Å²) in [6.45, 7) is 8.25. The molecule has 0 fully saturated rings. The molecule has 0 rings (SSSR count). The average Bonchev–Trinajstić information content (AvgIpc) is 2.26. The van der Waals surface area contributed by atoms with Crippen LogP contribution in [0.2, 0.25) is 0 Å². The Kier molecular flexibility index (Phi) is 6.61. The van der Waals surface area contributed by atoms with Gasteiger partial charge in [0, 0.05) is 6.54 Å². The maximum absolute atomic E-state index is 11.8. The second-order valence-electron chi connectivity index (χ2n) is 5.26. The highest BCUT2D eigenvalue weighted by Crippen LogP contribution is 2.15. The normalized spacial score (nSPS) is 12.9. The van der Waals surface area contributed by atoms with Gasteiger partial charge in [0.1, 0.15) is 5.41 Å². The lowest BCUT2D eigenvalue weighted by atomic mass is 9.91. The molecule has 0 unspecified atom stereocenters. The number of nitrogens with one attached hydrogen (secondary N) is 1. The van der Waals surface area contributed by atoms with Crippen molar-refractivity contribution in [1.29, 1.82) is 0 Å². The van der Waals surface area contributed by atoms with Crippen LogP contribution in [0.1, 0.15) is 47.0 Å². The first-order valence-corrected chi connectivity index (χ1v) is 6.08. The van der Waals surface area contributed by atoms with E-state index in [0.717, 1.165) is 12.8 Å². The van der Waals surface area contributed by atoms with Gasteiger partial charge in [0.05, 0.1) is 0 Å². The number of rotatable bonds is 7. The van der Waals surface area contributed by atoms with Crippen LogP contribution in [0.15, 0.2) is 5.16 Å². The third-order valence-electron chi connectivity index (χ3n) is 2.81. The highest BCUT2D eigenvalue weighted by atomic mass is 16.4. The summed E-state index contributed by atoms with van der Waals surface area (Å²) in [7, 11) is 0. The highest BCUT2D eigenvalue weighted by Gasteiger charge is 2.32. The zero-order chi connectivity index (χ0) is 13.5. The molecular weight excluding hydrogens is 218 g/mol. The number of oxime groups is 1. The molecule has 4 N–H and O–H groups in total. The molecule has 0 aliphatic rings. The minimum atomic E-state index is -0.965. The van der Waals surface area contributed by atoms with Crippen LogP contribution in [0.25, 0.3) is 0 Å². The third kappa shape index (κ3) is 5.56. The van der Waals surface area contributed by atoms with Gasteiger partial charge in [-0.05, 0) is 26.2 Å². The summed E-state index contributed by atoms with van der Waals surface area (Å²) in [4.78, 5) is 11.8. The van der Waals surface area contributed by atoms with E-state index in [-0.39, 0.29) is 11.7 Å². The smallest absolute Gasteiger partial charge is 0.233 e. The topological polar surface area (TPSA) is 87.7 Å². The molecule has 0 atom stereocenters. The lowest BCUT2D eigenvalue weighted by molar-refractivity contribution is -0.126. The minimum Gasteiger partial charge on any atom is -0.409 e. The van der Waals surface area contributed by atoms with E-state index >= 15 is 0 Å². The molecule has 0 spiro atoms. The van der Waals surface area contributed by atoms with Gasteiger partial charge in [0.25, 0.3) is 0 Å². The molecule has 0 aromatic rings. The van der Waals surface area contributed by atoms with Crippen LogP contribution in [0.5, 0.6) is 0 Å². The minimum absolute atomic E-state index is 0.0721. The Hall–Kier alpha value is -1.26. The maximum Gasteiger partial charge on any atom is 0.233 e. The Balaban J connectivity index is 3.94. The Morgan fingerprint density at radius 3 is 2.47 bits per heavy atom. The van der Waals surface area contributed by atoms with Gasteiger partial charge >= 0.3 is 0 Å². The number of hydrogen-bond donors (Lipinski definition) is 3. The van der Waals surface area contributed by atoms with Crippen molar-refractivity contribution in [3.8, 4) is 0 Å². The Morgan fingerprint density at radius 2 is 2.00 bits per heavy atom. The number of carbonyl (C=O) groups excluding carboxylic acids is 1. The summed E-state index contributed by atoms with van der Waals surface area (Å²) in [5, 5.41) is 14.3. The molecule has 1 amide bonds. The van der Waals surface area contributed by atoms with Crippen molar-refractivity contribution < 1.29 is 10.0 Å². The van der Waals surface area contributed by atoms with Gasteiger partial charge in [0.15, 0.2) is 5.84 Å². The molecule has 5 heteroatoms. The summed E-state index contributed by atoms with van der Waals surface area (Å²) in [5.41, 5.74) is 4.50. The van der Waals surface area contributed by atoms with Gasteiger partial charge in [-0.25, -0.2) is 0 Å². The first-order valence-electron chi connectivity index (χ1n) is 6.08. The standard InChI is InChI=1S/C12H25N3O2/c1-9(2)7-5-6-8-14-11(16)12(3,4)10(13)15-17/h9,17H,5-8H2,1-4H3,(H2,13,15)(H,14,16). The molecule has 0 bridgehead atoms. The van der Waals surface area contributed by atoms with Crippen molar-refractivity contribution in [2.24, 2.45) is 22.2 Å². The Bertz CT molecular complexity index is 273. The van der Waals surface area contributed by atoms with Crippen molar-refractivity contribution in [3.05, 3.63) is 0 Å². The molecular formula is C12H25N3O2. The van der Waals surface area contributed by atoms with Gasteiger partial charge in [-0.15, -0.1) is 0 Å². The van der Waals surface area contributed by atoms with Crippen molar-refractivity contribution in [1.82, 2.24) is 5.32 Å². The summed E-state index contributed by atoms with van der Waals surface area (Å²) in [5.74, 6) is 0.411. The monoisotopic (exact) mass is 243 g/mol. The molecule has 5 nitrogen and oxygen atoms in total. The summed E-state index contributed by atoms with van der Waals surface area (Å²) >= 11 is 0. The predicted molar refractivity (Wildman–Crippen MR) is 68.9 cm³/mol. The Morgan fingerprint density at radius 1 is 1.41 bits per heavy atom. The van der Waals surface area contributed by atoms with Crippen LogP contribution >= 0.6 is 0 Å². The zero-order valence-electron chi connectivity index (χ0n) is 11.3. The number of hydrogen-bond acceptors (Lipinski definition) is 3. The molecule has 17 heavy (non-hydrogen) atoms. The van der Waals surface area contributed by atoms with Crippen LogP contribution in [0.3, 0.4) is 0 Å². The van der Waals surface area contributed by atoms with E-state index in [9.17, 15) is 4.79 Å². The number of amides is 1. The Labute approximate surface area is 103 Å². The van der Waals surface area contributed by atoms with Crippen molar-refractivity contribution in [2.45, 2.75) is 47.0 Å². The molecule has 0 saturated heterocycles. The van der Waals surface area contributed by atoms with Crippen molar-refractivity contribution in [3.63, 3.8) is 0 Å². The summed E-state index contributed by atoms with van der Waals surface area (Å²) < 4.78 is 0. The van der Waals surface area contributed by atoms with E-state index in [1.807, 2.05) is 0 Å². The molecule has 0 aromatic carbocycles. The fourth-order valence-electron chi connectivity index (χ4n) is 1.34. The van der Waals surface area contributed by atoms with Crippen LogP contribution in [-0.2, 0) is 4.79 Å². The van der Waals surface area contributed by atoms with Crippen LogP contribution in [0, 0.1) is 11.3 Å². The molecule has 0 saturated carbocycles. The number of unbranched alkanes of at least 4 members (excludes halogenated alkanes) is 1. The van der Waals surface area contributed by atoms with Crippen molar-refractivity contribution >= 4 is 11.7 Å². The van der Waals surface area contributed by atoms with Crippen LogP contribution in [-0.4, -0.2) is 23.5 Å². The number of nitrogens with two attached hydrogens (primary N) is 1. The molecule has 0 aliphatic heterocycles. The molecule has 0 heterocycles. The largest absolute Gasteiger partial charge is 0.409 e. The fraction of sp³-hybridized carbons (Fsp3) is 0.833. The second-order valence-corrected chi connectivity index (χ2v) is 5.26. The number of amidine groups is 1. The quantitative estimate of drug-likeness (QED) is 0.209. The van der Waals surface area contributed by atoms with Gasteiger partial charge in [0.2, 0.25) is 5.91 Å². The van der Waals surface area contributed by atoms with Gasteiger partial charge in [-0.1, -0.05) is 31.8 Å². The van der Waals surface area contributed by atoms with Gasteiger partial charge in [-0.3, -0.25) is 4.79 Å². The van der Waals surface area contributed by atoms with Crippen LogP contribution < -0.4 is 11.1 Å². The maximum atomic E-state index is 11.8. The molecule has 0 radical (unpaired) electrons. The summed E-state index contributed by atoms with van der Waals surface area (Å²) in [6.07, 6.45) is 3.22. The highest BCUT2D eigenvalue weighted by molar-refractivity contribution is 6.05. The first kappa shape index (κ1) is 15.7. The molecule has 0 aliphatic carbocycles. The van der Waals surface area contributed by atoms with E-state index in [4.69, 9.17) is 10.9 Å². The molecule has 0 aromatic heterocycles. The van der Waals surface area contributed by atoms with E-state index in [0.29, 0.717) is 12.5 Å². The van der Waals surface area contributed by atoms with E-state index in [2.05, 4.69) is 24.3 Å². The third-order valence-corrected chi connectivity index (χ3v) is 2.81.